The maximum absolute atomic E-state index is 15.1. The number of carbonyl (C=O) groups excluding carboxylic acids is 3. The molecule has 4 rings (SSSR count). The Bertz CT molecular complexity index is 1310. The van der Waals surface area contributed by atoms with Crippen LogP contribution in [0.15, 0.2) is 49.6 Å². The van der Waals surface area contributed by atoms with Crippen molar-refractivity contribution in [3.63, 3.8) is 0 Å². The van der Waals surface area contributed by atoms with Gasteiger partial charge in [-0.1, -0.05) is 48.9 Å². The second-order valence-corrected chi connectivity index (χ2v) is 17.6. The first kappa shape index (κ1) is 37.5. The number of likely N-dealkylation sites (tertiary alicyclic amines) is 1. The number of hydrogen-bond donors (Lipinski definition) is 1. The Morgan fingerprint density at radius 1 is 1.09 bits per heavy atom. The third kappa shape index (κ3) is 7.49. The number of nitrogens with zero attached hydrogens (tertiary/aromatic N) is 3. The molecule has 10 heteroatoms. The Kier molecular flexibility index (Phi) is 12.0. The van der Waals surface area contributed by atoms with Crippen LogP contribution in [-0.2, 0) is 14.4 Å². The lowest BCUT2D eigenvalue weighted by Gasteiger charge is -2.46. The van der Waals surface area contributed by atoms with Gasteiger partial charge >= 0.3 is 0 Å². The standard InChI is InChI=1S/C37H54BrN3O5S/c1-9-19-39(25-15-17-26(18-16-25)46-11-3)32(43)28-29-33(44)40(21-13-12-14-22-42)31(37(29)23-27(38)30(28)47-37)34(45)41(20-10-2)36(7,8)24-35(4,5)6/h9-10,15-18,27-31,42H,1-2,11-14,19-24H2,3-8H3/t27?,28-,29+,30-,31?,37?/m1/s1. The summed E-state index contributed by atoms with van der Waals surface area (Å²) >= 11 is 5.58. The second-order valence-electron chi connectivity index (χ2n) is 14.9. The average molecular weight is 733 g/mol. The molecule has 3 unspecified atom stereocenters. The number of fused-ring (bicyclic) bond motifs is 1. The monoisotopic (exact) mass is 731 g/mol. The average Bonchev–Trinajstić information content (AvgIpc) is 3.58. The molecule has 0 saturated carbocycles. The highest BCUT2D eigenvalue weighted by molar-refractivity contribution is 9.09. The molecule has 0 aromatic heterocycles. The predicted octanol–water partition coefficient (Wildman–Crippen LogP) is 6.46. The van der Waals surface area contributed by atoms with E-state index in [9.17, 15) is 14.7 Å². The number of anilines is 1. The molecule has 0 radical (unpaired) electrons. The number of halogens is 1. The summed E-state index contributed by atoms with van der Waals surface area (Å²) in [5, 5.41) is 9.26. The normalized spacial score (nSPS) is 26.7. The van der Waals surface area contributed by atoms with E-state index in [0.29, 0.717) is 51.2 Å². The van der Waals surface area contributed by atoms with Gasteiger partial charge in [0.1, 0.15) is 11.8 Å². The minimum absolute atomic E-state index is 0.0310. The van der Waals surface area contributed by atoms with Crippen molar-refractivity contribution in [2.75, 3.05) is 37.7 Å². The summed E-state index contributed by atoms with van der Waals surface area (Å²) in [6.07, 6.45) is 6.91. The predicted molar refractivity (Wildman–Crippen MR) is 195 cm³/mol. The second kappa shape index (κ2) is 15.1. The van der Waals surface area contributed by atoms with Crippen LogP contribution >= 0.6 is 27.7 Å². The first-order valence-electron chi connectivity index (χ1n) is 17.0. The fourth-order valence-corrected chi connectivity index (χ4v) is 11.9. The third-order valence-corrected chi connectivity index (χ3v) is 12.9. The SMILES string of the molecule is C=CCN(C(=O)[C@H]1[C@@H]2SC3(CC2Br)C(C(=O)N(CC=C)C(C)(C)CC(C)(C)C)N(CCCCCO)C(=O)[C@H]13)c1ccc(OCC)cc1. The Morgan fingerprint density at radius 2 is 1.74 bits per heavy atom. The smallest absolute Gasteiger partial charge is 0.247 e. The van der Waals surface area contributed by atoms with Crippen LogP contribution in [0.2, 0.25) is 0 Å². The van der Waals surface area contributed by atoms with E-state index >= 15 is 4.79 Å². The highest BCUT2D eigenvalue weighted by Gasteiger charge is 2.76. The summed E-state index contributed by atoms with van der Waals surface area (Å²) in [7, 11) is 0. The number of carbonyl (C=O) groups is 3. The highest BCUT2D eigenvalue weighted by Crippen LogP contribution is 2.68. The van der Waals surface area contributed by atoms with Gasteiger partial charge in [-0.3, -0.25) is 14.4 Å². The molecule has 2 bridgehead atoms. The van der Waals surface area contributed by atoms with E-state index < -0.39 is 28.2 Å². The van der Waals surface area contributed by atoms with Crippen LogP contribution in [0.3, 0.4) is 0 Å². The van der Waals surface area contributed by atoms with E-state index in [4.69, 9.17) is 4.74 Å². The maximum Gasteiger partial charge on any atom is 0.247 e. The summed E-state index contributed by atoms with van der Waals surface area (Å²) in [6, 6.07) is 6.73. The van der Waals surface area contributed by atoms with E-state index in [1.807, 2.05) is 36.1 Å². The lowest BCUT2D eigenvalue weighted by atomic mass is 9.70. The van der Waals surface area contributed by atoms with Crippen LogP contribution < -0.4 is 9.64 Å². The molecule has 1 aromatic carbocycles. The molecule has 6 atom stereocenters. The molecule has 0 aliphatic carbocycles. The number of amides is 3. The van der Waals surface area contributed by atoms with Crippen molar-refractivity contribution < 1.29 is 24.2 Å². The van der Waals surface area contributed by atoms with Crippen molar-refractivity contribution in [3.05, 3.63) is 49.6 Å². The minimum atomic E-state index is -0.750. The van der Waals surface area contributed by atoms with Crippen molar-refractivity contribution in [1.29, 1.82) is 0 Å². The summed E-state index contributed by atoms with van der Waals surface area (Å²) < 4.78 is 4.88. The Labute approximate surface area is 294 Å². The number of thioether (sulfide) groups is 1. The van der Waals surface area contributed by atoms with Crippen LogP contribution in [0.5, 0.6) is 5.75 Å². The molecule has 1 N–H and O–H groups in total. The largest absolute Gasteiger partial charge is 0.494 e. The fourth-order valence-electron chi connectivity index (χ4n) is 8.33. The zero-order valence-corrected chi connectivity index (χ0v) is 31.4. The van der Waals surface area contributed by atoms with Gasteiger partial charge in [0.15, 0.2) is 0 Å². The van der Waals surface area contributed by atoms with Gasteiger partial charge in [0, 0.05) is 47.5 Å². The topological polar surface area (TPSA) is 90.4 Å². The van der Waals surface area contributed by atoms with Gasteiger partial charge in [0.05, 0.1) is 23.2 Å². The van der Waals surface area contributed by atoms with Gasteiger partial charge in [0.25, 0.3) is 0 Å². The molecular formula is C37H54BrN3O5S. The number of aliphatic hydroxyl groups excluding tert-OH is 1. The molecule has 47 heavy (non-hydrogen) atoms. The number of rotatable bonds is 16. The van der Waals surface area contributed by atoms with Gasteiger partial charge in [-0.25, -0.2) is 0 Å². The van der Waals surface area contributed by atoms with Crippen LogP contribution in [0.1, 0.15) is 73.6 Å². The molecule has 3 amide bonds. The molecule has 8 nitrogen and oxygen atoms in total. The third-order valence-electron chi connectivity index (χ3n) is 9.67. The molecule has 3 aliphatic heterocycles. The van der Waals surface area contributed by atoms with Crippen LogP contribution in [0, 0.1) is 17.3 Å². The fraction of sp³-hybridized carbons (Fsp3) is 0.649. The summed E-state index contributed by atoms with van der Waals surface area (Å²) in [5.41, 5.74) is 0.183. The van der Waals surface area contributed by atoms with E-state index in [2.05, 4.69) is 63.7 Å². The van der Waals surface area contributed by atoms with Crippen LogP contribution in [0.4, 0.5) is 5.69 Å². The molecular weight excluding hydrogens is 678 g/mol. The van der Waals surface area contributed by atoms with Gasteiger partial charge in [-0.2, -0.15) is 0 Å². The summed E-state index contributed by atoms with van der Waals surface area (Å²) in [6.45, 7) is 22.2. The lowest BCUT2D eigenvalue weighted by molar-refractivity contribution is -0.146. The van der Waals surface area contributed by atoms with Gasteiger partial charge < -0.3 is 24.5 Å². The van der Waals surface area contributed by atoms with Crippen LogP contribution in [-0.4, -0.2) is 91.9 Å². The van der Waals surface area contributed by atoms with Gasteiger partial charge in [-0.05, 0) is 82.6 Å². The zero-order chi connectivity index (χ0) is 34.7. The van der Waals surface area contributed by atoms with E-state index in [0.717, 1.165) is 18.6 Å². The zero-order valence-electron chi connectivity index (χ0n) is 29.0. The number of ether oxygens (including phenoxy) is 1. The number of aliphatic hydroxyl groups is 1. The molecule has 3 heterocycles. The van der Waals surface area contributed by atoms with E-state index in [1.54, 1.807) is 33.7 Å². The van der Waals surface area contributed by atoms with Crippen LogP contribution in [0.25, 0.3) is 0 Å². The molecule has 260 valence electrons. The number of hydrogen-bond acceptors (Lipinski definition) is 6. The Hall–Kier alpha value is -2.30. The molecule has 1 spiro atoms. The minimum Gasteiger partial charge on any atom is -0.494 e. The lowest BCUT2D eigenvalue weighted by Crippen LogP contribution is -2.60. The maximum atomic E-state index is 15.1. The highest BCUT2D eigenvalue weighted by atomic mass is 79.9. The summed E-state index contributed by atoms with van der Waals surface area (Å²) in [4.78, 5) is 49.9. The van der Waals surface area contributed by atoms with E-state index in [-0.39, 0.29) is 39.8 Å². The quantitative estimate of drug-likeness (QED) is 0.119. The van der Waals surface area contributed by atoms with Crippen molar-refractivity contribution in [2.24, 2.45) is 17.3 Å². The Balaban J connectivity index is 1.77. The number of benzene rings is 1. The first-order chi connectivity index (χ1) is 22.2. The van der Waals surface area contributed by atoms with E-state index in [1.165, 1.54) is 0 Å². The molecule has 3 fully saturated rings. The first-order valence-corrected chi connectivity index (χ1v) is 18.8. The Morgan fingerprint density at radius 3 is 2.32 bits per heavy atom. The van der Waals surface area contributed by atoms with Crippen molar-refractivity contribution in [2.45, 2.75) is 100 Å². The summed E-state index contributed by atoms with van der Waals surface area (Å²) in [5.74, 6) is -0.826. The van der Waals surface area contributed by atoms with Crippen molar-refractivity contribution in [3.8, 4) is 5.75 Å². The number of unbranched alkanes of at least 4 members (excludes halogenated alkanes) is 2. The van der Waals surface area contributed by atoms with Crippen molar-refractivity contribution >= 4 is 51.1 Å². The van der Waals surface area contributed by atoms with Gasteiger partial charge in [0.2, 0.25) is 17.7 Å². The number of alkyl halides is 1. The molecule has 3 saturated heterocycles. The molecule has 3 aliphatic rings. The van der Waals surface area contributed by atoms with Crippen molar-refractivity contribution in [1.82, 2.24) is 9.80 Å². The molecule has 1 aromatic rings. The van der Waals surface area contributed by atoms with Gasteiger partial charge in [-0.15, -0.1) is 24.9 Å².